The molecule has 110 valence electrons. The number of aryl methyl sites for hydroxylation is 1. The third kappa shape index (κ3) is 5.39. The first-order valence-electron chi connectivity index (χ1n) is 6.81. The molecule has 2 rings (SSSR count). The molecular weight excluding hydrogens is 282 g/mol. The number of ether oxygens (including phenoxy) is 1. The fourth-order valence-corrected chi connectivity index (χ4v) is 2.07. The van der Waals surface area contributed by atoms with Crippen LogP contribution in [0.3, 0.4) is 0 Å². The zero-order chi connectivity index (χ0) is 15.1. The van der Waals surface area contributed by atoms with Crippen molar-refractivity contribution < 1.29 is 4.74 Å². The molecule has 1 aromatic carbocycles. The highest BCUT2D eigenvalue weighted by Gasteiger charge is 2.06. The molecule has 1 atom stereocenters. The molecule has 2 N–H and O–H groups in total. The van der Waals surface area contributed by atoms with Gasteiger partial charge < -0.3 is 15.4 Å². The molecule has 2 aromatic rings. The van der Waals surface area contributed by atoms with Crippen LogP contribution in [0.4, 0.5) is 5.82 Å². The topological polar surface area (TPSA) is 46.2 Å². The van der Waals surface area contributed by atoms with Gasteiger partial charge in [0, 0.05) is 6.20 Å². The van der Waals surface area contributed by atoms with Gasteiger partial charge in [0.1, 0.15) is 18.2 Å². The number of para-hydroxylation sites is 1. The van der Waals surface area contributed by atoms with Gasteiger partial charge in [-0.05, 0) is 55.9 Å². The maximum absolute atomic E-state index is 5.67. The summed E-state index contributed by atoms with van der Waals surface area (Å²) in [7, 11) is 0. The zero-order valence-corrected chi connectivity index (χ0v) is 13.0. The number of hydrogen-bond donors (Lipinski definition) is 2. The number of nitrogens with one attached hydrogen (secondary N) is 2. The van der Waals surface area contributed by atoms with Gasteiger partial charge in [0.05, 0.1) is 6.04 Å². The summed E-state index contributed by atoms with van der Waals surface area (Å²) in [4.78, 5) is 4.21. The molecule has 5 heteroatoms. The van der Waals surface area contributed by atoms with Crippen molar-refractivity contribution in [2.45, 2.75) is 19.9 Å². The largest absolute Gasteiger partial charge is 0.491 e. The Morgan fingerprint density at radius 1 is 1.29 bits per heavy atom. The number of rotatable bonds is 5. The van der Waals surface area contributed by atoms with Crippen LogP contribution in [0.5, 0.6) is 5.75 Å². The van der Waals surface area contributed by atoms with Gasteiger partial charge in [-0.25, -0.2) is 4.98 Å². The highest BCUT2D eigenvalue weighted by Crippen LogP contribution is 2.08. The van der Waals surface area contributed by atoms with Crippen molar-refractivity contribution in [1.29, 1.82) is 0 Å². The number of pyridine rings is 1. The normalized spacial score (nSPS) is 11.5. The first-order chi connectivity index (χ1) is 10.1. The van der Waals surface area contributed by atoms with Crippen molar-refractivity contribution in [2.24, 2.45) is 0 Å². The first-order valence-corrected chi connectivity index (χ1v) is 7.22. The Morgan fingerprint density at radius 2 is 2.05 bits per heavy atom. The Morgan fingerprint density at radius 3 is 2.76 bits per heavy atom. The second-order valence-electron chi connectivity index (χ2n) is 4.84. The first kappa shape index (κ1) is 15.3. The van der Waals surface area contributed by atoms with Crippen molar-refractivity contribution in [3.05, 3.63) is 54.2 Å². The minimum atomic E-state index is 0.0926. The summed E-state index contributed by atoms with van der Waals surface area (Å²) in [5.41, 5.74) is 1.13. The molecule has 0 radical (unpaired) electrons. The van der Waals surface area contributed by atoms with Crippen LogP contribution >= 0.6 is 12.2 Å². The van der Waals surface area contributed by atoms with Crippen molar-refractivity contribution in [3.63, 3.8) is 0 Å². The highest BCUT2D eigenvalue weighted by atomic mass is 32.1. The smallest absolute Gasteiger partial charge is 0.172 e. The predicted molar refractivity (Wildman–Crippen MR) is 89.7 cm³/mol. The average molecular weight is 301 g/mol. The van der Waals surface area contributed by atoms with Crippen LogP contribution in [-0.2, 0) is 0 Å². The van der Waals surface area contributed by atoms with E-state index < -0.39 is 0 Å². The van der Waals surface area contributed by atoms with Crippen molar-refractivity contribution in [1.82, 2.24) is 10.3 Å². The summed E-state index contributed by atoms with van der Waals surface area (Å²) in [6.07, 6.45) is 1.75. The van der Waals surface area contributed by atoms with Crippen LogP contribution in [0.2, 0.25) is 0 Å². The van der Waals surface area contributed by atoms with Gasteiger partial charge in [-0.1, -0.05) is 18.2 Å². The number of benzene rings is 1. The van der Waals surface area contributed by atoms with Crippen LogP contribution in [0.15, 0.2) is 48.7 Å². The van der Waals surface area contributed by atoms with Gasteiger partial charge in [0.15, 0.2) is 5.11 Å². The molecular formula is C16H19N3OS. The van der Waals surface area contributed by atoms with Crippen LogP contribution in [0.25, 0.3) is 0 Å². The van der Waals surface area contributed by atoms with E-state index in [4.69, 9.17) is 17.0 Å². The Balaban J connectivity index is 1.77. The molecule has 21 heavy (non-hydrogen) atoms. The van der Waals surface area contributed by atoms with Crippen LogP contribution in [0, 0.1) is 6.92 Å². The summed E-state index contributed by atoms with van der Waals surface area (Å²) in [5, 5.41) is 6.78. The number of aromatic nitrogens is 1. The summed E-state index contributed by atoms with van der Waals surface area (Å²) in [5.74, 6) is 1.59. The van der Waals surface area contributed by atoms with Crippen LogP contribution < -0.4 is 15.4 Å². The van der Waals surface area contributed by atoms with E-state index in [0.717, 1.165) is 17.1 Å². The molecule has 1 heterocycles. The van der Waals surface area contributed by atoms with Gasteiger partial charge in [-0.15, -0.1) is 0 Å². The molecule has 0 saturated carbocycles. The highest BCUT2D eigenvalue weighted by molar-refractivity contribution is 7.80. The number of anilines is 1. The minimum absolute atomic E-state index is 0.0926. The molecule has 0 aliphatic carbocycles. The number of hydrogen-bond acceptors (Lipinski definition) is 3. The maximum atomic E-state index is 5.67. The third-order valence-corrected chi connectivity index (χ3v) is 3.00. The van der Waals surface area contributed by atoms with Crippen LogP contribution in [0.1, 0.15) is 12.5 Å². The van der Waals surface area contributed by atoms with E-state index in [1.807, 2.05) is 56.3 Å². The predicted octanol–water partition coefficient (Wildman–Crippen LogP) is 3.14. The maximum Gasteiger partial charge on any atom is 0.172 e. The van der Waals surface area contributed by atoms with E-state index in [9.17, 15) is 0 Å². The molecule has 4 nitrogen and oxygen atoms in total. The molecule has 0 saturated heterocycles. The van der Waals surface area contributed by atoms with Gasteiger partial charge >= 0.3 is 0 Å². The molecule has 0 bridgehead atoms. The standard InChI is InChI=1S/C16H19N3OS/c1-12-8-9-17-15(10-12)19-16(21)18-13(2)11-20-14-6-4-3-5-7-14/h3-10,13H,11H2,1-2H3,(H2,17,18,19,21)/t13-/m1/s1. The fourth-order valence-electron chi connectivity index (χ4n) is 1.76. The lowest BCUT2D eigenvalue weighted by Gasteiger charge is -2.17. The Hall–Kier alpha value is -2.14. The van der Waals surface area contributed by atoms with E-state index >= 15 is 0 Å². The minimum Gasteiger partial charge on any atom is -0.491 e. The van der Waals surface area contributed by atoms with Crippen molar-refractivity contribution >= 4 is 23.1 Å². The third-order valence-electron chi connectivity index (χ3n) is 2.78. The lowest BCUT2D eigenvalue weighted by molar-refractivity contribution is 0.287. The summed E-state index contributed by atoms with van der Waals surface area (Å²) in [6.45, 7) is 4.56. The van der Waals surface area contributed by atoms with Gasteiger partial charge in [0.25, 0.3) is 0 Å². The monoisotopic (exact) mass is 301 g/mol. The van der Waals surface area contributed by atoms with Crippen molar-refractivity contribution in [2.75, 3.05) is 11.9 Å². The second-order valence-corrected chi connectivity index (χ2v) is 5.25. The van der Waals surface area contributed by atoms with Gasteiger partial charge in [-0.3, -0.25) is 0 Å². The SMILES string of the molecule is Cc1ccnc(NC(=S)N[C@H](C)COc2ccccc2)c1. The van der Waals surface area contributed by atoms with E-state index in [0.29, 0.717) is 11.7 Å². The summed E-state index contributed by atoms with van der Waals surface area (Å²) in [6, 6.07) is 13.7. The lowest BCUT2D eigenvalue weighted by Crippen LogP contribution is -2.39. The Kier molecular flexibility index (Phi) is 5.51. The van der Waals surface area contributed by atoms with Gasteiger partial charge in [0.2, 0.25) is 0 Å². The number of thiocarbonyl (C=S) groups is 1. The van der Waals surface area contributed by atoms with E-state index in [2.05, 4.69) is 15.6 Å². The molecule has 1 aromatic heterocycles. The van der Waals surface area contributed by atoms with Gasteiger partial charge in [-0.2, -0.15) is 0 Å². The summed E-state index contributed by atoms with van der Waals surface area (Å²) < 4.78 is 5.67. The fraction of sp³-hybridized carbons (Fsp3) is 0.250. The quantitative estimate of drug-likeness (QED) is 0.831. The lowest BCUT2D eigenvalue weighted by atomic mass is 10.3. The molecule has 0 unspecified atom stereocenters. The Labute approximate surface area is 130 Å². The second kappa shape index (κ2) is 7.59. The molecule has 0 aliphatic rings. The Bertz CT molecular complexity index is 589. The number of nitrogens with zero attached hydrogens (tertiary/aromatic N) is 1. The molecule has 0 fully saturated rings. The zero-order valence-electron chi connectivity index (χ0n) is 12.2. The molecule has 0 amide bonds. The van der Waals surface area contributed by atoms with E-state index in [1.54, 1.807) is 6.20 Å². The summed E-state index contributed by atoms with van der Waals surface area (Å²) >= 11 is 5.27. The van der Waals surface area contributed by atoms with Crippen LogP contribution in [-0.4, -0.2) is 22.7 Å². The van der Waals surface area contributed by atoms with Crippen molar-refractivity contribution in [3.8, 4) is 5.75 Å². The average Bonchev–Trinajstić information content (AvgIpc) is 2.46. The van der Waals surface area contributed by atoms with E-state index in [-0.39, 0.29) is 6.04 Å². The van der Waals surface area contributed by atoms with E-state index in [1.165, 1.54) is 0 Å². The molecule has 0 spiro atoms. The molecule has 0 aliphatic heterocycles.